The molecule has 0 radical (unpaired) electrons. The molecule has 0 saturated heterocycles. The molecule has 7 unspecified atom stereocenters. The van der Waals surface area contributed by atoms with Crippen LogP contribution >= 0.6 is 0 Å². The predicted molar refractivity (Wildman–Crippen MR) is 93.2 cm³/mol. The molecule has 1 N–H and O–H groups in total. The van der Waals surface area contributed by atoms with Crippen molar-refractivity contribution in [3.05, 3.63) is 0 Å². The molecule has 0 spiro atoms. The van der Waals surface area contributed by atoms with Gasteiger partial charge in [0, 0.05) is 0 Å². The average Bonchev–Trinajstić information content (AvgIpc) is 2.72. The summed E-state index contributed by atoms with van der Waals surface area (Å²) in [5.74, 6) is 4.53. The molecule has 0 bridgehead atoms. The SMILES string of the molecule is CC12CCC3C(CCC4CCCCCC43C)C1CCC2C=N. The Hall–Kier alpha value is -0.330. The molecule has 7 atom stereocenters. The highest BCUT2D eigenvalue weighted by Crippen LogP contribution is 2.66. The lowest BCUT2D eigenvalue weighted by molar-refractivity contribution is -0.0933. The van der Waals surface area contributed by atoms with Crippen LogP contribution in [0, 0.1) is 45.8 Å². The third-order valence-electron chi connectivity index (χ3n) is 9.11. The fourth-order valence-corrected chi connectivity index (χ4v) is 7.79. The number of rotatable bonds is 1. The standard InChI is InChI=1S/C21H35N/c1-20-12-5-3-4-6-15(20)7-9-17-18-10-8-16(14-22)21(18,2)13-11-19(17)20/h14-19,22H,3-13H2,1-2H3. The smallest absolute Gasteiger partial charge is 0.000816 e. The van der Waals surface area contributed by atoms with E-state index in [0.29, 0.717) is 16.7 Å². The van der Waals surface area contributed by atoms with Gasteiger partial charge in [0.2, 0.25) is 0 Å². The van der Waals surface area contributed by atoms with Crippen molar-refractivity contribution in [2.45, 2.75) is 84.5 Å². The number of hydrogen-bond acceptors (Lipinski definition) is 1. The van der Waals surface area contributed by atoms with E-state index in [1.807, 2.05) is 0 Å². The molecule has 0 aromatic heterocycles. The van der Waals surface area contributed by atoms with Gasteiger partial charge in [-0.3, -0.25) is 0 Å². The Morgan fingerprint density at radius 3 is 2.41 bits per heavy atom. The van der Waals surface area contributed by atoms with Crippen molar-refractivity contribution in [1.29, 1.82) is 5.41 Å². The van der Waals surface area contributed by atoms with Gasteiger partial charge in [0.25, 0.3) is 0 Å². The third-order valence-corrected chi connectivity index (χ3v) is 9.11. The number of fused-ring (bicyclic) bond motifs is 5. The van der Waals surface area contributed by atoms with Gasteiger partial charge in [0.15, 0.2) is 0 Å². The summed E-state index contributed by atoms with van der Waals surface area (Å²) in [6.07, 6.45) is 17.9. The zero-order valence-corrected chi connectivity index (χ0v) is 14.7. The van der Waals surface area contributed by atoms with Gasteiger partial charge in [-0.05, 0) is 98.0 Å². The first-order valence-corrected chi connectivity index (χ1v) is 10.1. The van der Waals surface area contributed by atoms with E-state index >= 15 is 0 Å². The maximum Gasteiger partial charge on any atom is -0.000816 e. The second-order valence-corrected chi connectivity index (χ2v) is 9.65. The van der Waals surface area contributed by atoms with Crippen LogP contribution in [-0.2, 0) is 0 Å². The Morgan fingerprint density at radius 1 is 0.773 bits per heavy atom. The Labute approximate surface area is 137 Å². The van der Waals surface area contributed by atoms with Crippen molar-refractivity contribution in [2.75, 3.05) is 0 Å². The van der Waals surface area contributed by atoms with E-state index in [9.17, 15) is 0 Å². The van der Waals surface area contributed by atoms with Gasteiger partial charge in [0.05, 0.1) is 0 Å². The molecular weight excluding hydrogens is 266 g/mol. The summed E-state index contributed by atoms with van der Waals surface area (Å²) < 4.78 is 0. The summed E-state index contributed by atoms with van der Waals surface area (Å²) in [5.41, 5.74) is 1.13. The number of hydrogen-bond donors (Lipinski definition) is 1. The Morgan fingerprint density at radius 2 is 1.59 bits per heavy atom. The van der Waals surface area contributed by atoms with Crippen molar-refractivity contribution >= 4 is 6.21 Å². The highest BCUT2D eigenvalue weighted by Gasteiger charge is 2.58. The topological polar surface area (TPSA) is 23.9 Å². The van der Waals surface area contributed by atoms with Crippen molar-refractivity contribution in [1.82, 2.24) is 0 Å². The van der Waals surface area contributed by atoms with Crippen LogP contribution in [0.1, 0.15) is 84.5 Å². The molecule has 1 heteroatoms. The second kappa shape index (κ2) is 5.35. The lowest BCUT2D eigenvalue weighted by Crippen LogP contribution is -2.51. The Kier molecular flexibility index (Phi) is 3.70. The van der Waals surface area contributed by atoms with E-state index in [1.54, 1.807) is 6.21 Å². The zero-order chi connectivity index (χ0) is 15.4. The molecule has 4 aliphatic rings. The minimum absolute atomic E-state index is 0.469. The Bertz CT molecular complexity index is 443. The Balaban J connectivity index is 1.63. The molecule has 0 aromatic carbocycles. The fraction of sp³-hybridized carbons (Fsp3) is 0.952. The van der Waals surface area contributed by atoms with E-state index < -0.39 is 0 Å². The number of nitrogens with one attached hydrogen (secondary N) is 1. The normalized spacial score (nSPS) is 54.7. The fourth-order valence-electron chi connectivity index (χ4n) is 7.79. The van der Waals surface area contributed by atoms with Gasteiger partial charge in [-0.1, -0.05) is 33.1 Å². The van der Waals surface area contributed by atoms with Gasteiger partial charge in [0.1, 0.15) is 0 Å². The van der Waals surface area contributed by atoms with Crippen LogP contribution in [0.5, 0.6) is 0 Å². The first-order chi connectivity index (χ1) is 10.6. The van der Waals surface area contributed by atoms with E-state index in [0.717, 1.165) is 23.7 Å². The van der Waals surface area contributed by atoms with Crippen LogP contribution < -0.4 is 0 Å². The molecule has 4 saturated carbocycles. The predicted octanol–water partition coefficient (Wildman–Crippen LogP) is 6.08. The van der Waals surface area contributed by atoms with Gasteiger partial charge < -0.3 is 5.41 Å². The summed E-state index contributed by atoms with van der Waals surface area (Å²) in [5, 5.41) is 7.87. The van der Waals surface area contributed by atoms with Crippen molar-refractivity contribution < 1.29 is 0 Å². The van der Waals surface area contributed by atoms with Crippen molar-refractivity contribution in [3.63, 3.8) is 0 Å². The van der Waals surface area contributed by atoms with Crippen LogP contribution in [0.3, 0.4) is 0 Å². The van der Waals surface area contributed by atoms with Crippen LogP contribution in [0.2, 0.25) is 0 Å². The summed E-state index contributed by atoms with van der Waals surface area (Å²) >= 11 is 0. The van der Waals surface area contributed by atoms with Gasteiger partial charge in [-0.25, -0.2) is 0 Å². The largest absolute Gasteiger partial charge is 0.313 e. The lowest BCUT2D eigenvalue weighted by atomic mass is 9.46. The molecule has 1 nitrogen and oxygen atoms in total. The van der Waals surface area contributed by atoms with Crippen LogP contribution in [0.4, 0.5) is 0 Å². The van der Waals surface area contributed by atoms with E-state index in [1.165, 1.54) is 70.6 Å². The lowest BCUT2D eigenvalue weighted by Gasteiger charge is -2.59. The molecule has 22 heavy (non-hydrogen) atoms. The molecule has 124 valence electrons. The third kappa shape index (κ3) is 1.99. The maximum absolute atomic E-state index is 7.87. The first-order valence-electron chi connectivity index (χ1n) is 10.1. The highest BCUT2D eigenvalue weighted by atomic mass is 14.6. The van der Waals surface area contributed by atoms with E-state index in [4.69, 9.17) is 5.41 Å². The van der Waals surface area contributed by atoms with Gasteiger partial charge >= 0.3 is 0 Å². The minimum Gasteiger partial charge on any atom is -0.313 e. The summed E-state index contributed by atoms with van der Waals surface area (Å²) in [7, 11) is 0. The molecule has 0 aliphatic heterocycles. The van der Waals surface area contributed by atoms with E-state index in [-0.39, 0.29) is 0 Å². The molecular formula is C21H35N. The average molecular weight is 302 g/mol. The molecule has 4 fully saturated rings. The van der Waals surface area contributed by atoms with Crippen LogP contribution in [-0.4, -0.2) is 6.21 Å². The minimum atomic E-state index is 0.469. The van der Waals surface area contributed by atoms with Gasteiger partial charge in [-0.15, -0.1) is 0 Å². The summed E-state index contributed by atoms with van der Waals surface area (Å²) in [6, 6.07) is 0. The van der Waals surface area contributed by atoms with Crippen molar-refractivity contribution in [3.8, 4) is 0 Å². The molecule has 0 aromatic rings. The molecule has 4 aliphatic carbocycles. The zero-order valence-electron chi connectivity index (χ0n) is 14.7. The van der Waals surface area contributed by atoms with E-state index in [2.05, 4.69) is 13.8 Å². The second-order valence-electron chi connectivity index (χ2n) is 9.65. The summed E-state index contributed by atoms with van der Waals surface area (Å²) in [4.78, 5) is 0. The van der Waals surface area contributed by atoms with Crippen molar-refractivity contribution in [2.24, 2.45) is 40.4 Å². The van der Waals surface area contributed by atoms with Gasteiger partial charge in [-0.2, -0.15) is 0 Å². The first kappa shape index (κ1) is 15.2. The summed E-state index contributed by atoms with van der Waals surface area (Å²) in [6.45, 7) is 5.23. The maximum atomic E-state index is 7.87. The highest BCUT2D eigenvalue weighted by molar-refractivity contribution is 5.59. The molecule has 4 rings (SSSR count). The van der Waals surface area contributed by atoms with Crippen LogP contribution in [0.15, 0.2) is 0 Å². The molecule has 0 amide bonds. The quantitative estimate of drug-likeness (QED) is 0.568. The van der Waals surface area contributed by atoms with Crippen LogP contribution in [0.25, 0.3) is 0 Å². The molecule has 0 heterocycles. The monoisotopic (exact) mass is 301 g/mol.